The van der Waals surface area contributed by atoms with Crippen LogP contribution in [0.1, 0.15) is 24.4 Å². The van der Waals surface area contributed by atoms with E-state index in [2.05, 4.69) is 16.0 Å². The molecule has 1 heterocycles. The summed E-state index contributed by atoms with van der Waals surface area (Å²) in [5.74, 6) is -5.09. The predicted octanol–water partition coefficient (Wildman–Crippen LogP) is 3.05. The van der Waals surface area contributed by atoms with Crippen molar-refractivity contribution in [3.63, 3.8) is 0 Å². The summed E-state index contributed by atoms with van der Waals surface area (Å²) in [6, 6.07) is -0.709. The van der Waals surface area contributed by atoms with Crippen LogP contribution in [0.15, 0.2) is 12.1 Å². The Morgan fingerprint density at radius 1 is 1.26 bits per heavy atom. The second kappa shape index (κ2) is 7.14. The molecule has 0 unspecified atom stereocenters. The van der Waals surface area contributed by atoms with Crippen LogP contribution in [0.4, 0.5) is 26.7 Å². The Morgan fingerprint density at radius 2 is 1.93 bits per heavy atom. The van der Waals surface area contributed by atoms with Gasteiger partial charge in [-0.25, -0.2) is 13.6 Å². The maximum Gasteiger partial charge on any atom is 0.391 e. The van der Waals surface area contributed by atoms with E-state index in [1.165, 1.54) is 0 Å². The van der Waals surface area contributed by atoms with E-state index in [0.29, 0.717) is 0 Å². The van der Waals surface area contributed by atoms with Crippen LogP contribution >= 0.6 is 11.6 Å². The Labute approximate surface area is 155 Å². The first kappa shape index (κ1) is 19.7. The largest absolute Gasteiger partial charge is 0.391 e. The van der Waals surface area contributed by atoms with Gasteiger partial charge < -0.3 is 16.0 Å². The molecular formula is C16H15ClF5N3O2. The summed E-state index contributed by atoms with van der Waals surface area (Å²) < 4.78 is 66.3. The van der Waals surface area contributed by atoms with Gasteiger partial charge in [0.1, 0.15) is 22.7 Å². The normalized spacial score (nSPS) is 26.0. The van der Waals surface area contributed by atoms with Crippen molar-refractivity contribution in [1.29, 1.82) is 0 Å². The number of alkyl halides is 3. The highest BCUT2D eigenvalue weighted by Gasteiger charge is 2.51. The van der Waals surface area contributed by atoms with E-state index in [9.17, 15) is 31.5 Å². The number of carbonyl (C=O) groups excluding carboxylic acids is 2. The number of rotatable bonds is 4. The fourth-order valence-electron chi connectivity index (χ4n) is 3.30. The average Bonchev–Trinajstić information content (AvgIpc) is 2.96. The van der Waals surface area contributed by atoms with Gasteiger partial charge in [0.15, 0.2) is 0 Å². The lowest BCUT2D eigenvalue weighted by Crippen LogP contribution is -2.49. The van der Waals surface area contributed by atoms with Crippen LogP contribution in [0.2, 0.25) is 5.02 Å². The number of carbonyl (C=O) groups is 2. The molecule has 5 nitrogen and oxygen atoms in total. The molecule has 0 bridgehead atoms. The molecule has 2 fully saturated rings. The average molecular weight is 412 g/mol. The highest BCUT2D eigenvalue weighted by molar-refractivity contribution is 6.31. The number of urea groups is 1. The molecule has 1 aromatic rings. The molecule has 1 saturated carbocycles. The predicted molar refractivity (Wildman–Crippen MR) is 84.8 cm³/mol. The summed E-state index contributed by atoms with van der Waals surface area (Å²) >= 11 is 5.57. The number of nitrogens with one attached hydrogen (secondary N) is 3. The maximum absolute atomic E-state index is 14.4. The summed E-state index contributed by atoms with van der Waals surface area (Å²) in [6.45, 7) is -0.0140. The maximum atomic E-state index is 14.4. The zero-order valence-electron chi connectivity index (χ0n) is 13.7. The van der Waals surface area contributed by atoms with Gasteiger partial charge in [-0.2, -0.15) is 13.2 Å². The summed E-state index contributed by atoms with van der Waals surface area (Å²) in [6.07, 6.45) is -5.00. The zero-order chi connectivity index (χ0) is 19.9. The number of hydrogen-bond acceptors (Lipinski definition) is 2. The van der Waals surface area contributed by atoms with Crippen LogP contribution in [0.3, 0.4) is 0 Å². The lowest BCUT2D eigenvalue weighted by atomic mass is 9.69. The lowest BCUT2D eigenvalue weighted by Gasteiger charge is -2.41. The van der Waals surface area contributed by atoms with Crippen molar-refractivity contribution in [3.8, 4) is 0 Å². The minimum atomic E-state index is -4.38. The summed E-state index contributed by atoms with van der Waals surface area (Å²) in [7, 11) is 0. The van der Waals surface area contributed by atoms with Crippen LogP contribution in [0.25, 0.3) is 0 Å². The van der Waals surface area contributed by atoms with Crippen molar-refractivity contribution in [2.45, 2.75) is 31.1 Å². The summed E-state index contributed by atoms with van der Waals surface area (Å²) in [5, 5.41) is 6.38. The van der Waals surface area contributed by atoms with Gasteiger partial charge in [0, 0.05) is 12.1 Å². The van der Waals surface area contributed by atoms with Crippen LogP contribution in [0.5, 0.6) is 0 Å². The standard InChI is InChI=1S/C16H15ClF5N3O2/c17-11-9(18)2-1-8(12(11)19)13(6-3-7(4-6)16(20,21)22)25-14(26)10-5-23-15(27)24-10/h1-2,6-7,10,13H,3-5H2,(H,25,26)(H2,23,24,27)/t6?,7?,10-,13-/m0/s1. The number of hydrogen-bond donors (Lipinski definition) is 3. The molecule has 0 aromatic heterocycles. The molecular weight excluding hydrogens is 397 g/mol. The fraction of sp³-hybridized carbons (Fsp3) is 0.500. The molecule has 1 aliphatic heterocycles. The van der Waals surface area contributed by atoms with E-state index in [0.717, 1.165) is 12.1 Å². The third kappa shape index (κ3) is 3.95. The minimum absolute atomic E-state index is 0.0140. The molecule has 148 valence electrons. The molecule has 3 N–H and O–H groups in total. The number of halogens is 6. The topological polar surface area (TPSA) is 70.2 Å². The van der Waals surface area contributed by atoms with Crippen molar-refractivity contribution in [2.75, 3.05) is 6.54 Å². The van der Waals surface area contributed by atoms with Crippen molar-refractivity contribution in [2.24, 2.45) is 11.8 Å². The molecule has 1 aliphatic carbocycles. The summed E-state index contributed by atoms with van der Waals surface area (Å²) in [4.78, 5) is 23.5. The third-order valence-corrected chi connectivity index (χ3v) is 5.24. The van der Waals surface area contributed by atoms with Gasteiger partial charge in [0.05, 0.1) is 12.0 Å². The van der Waals surface area contributed by atoms with E-state index in [-0.39, 0.29) is 24.9 Å². The van der Waals surface area contributed by atoms with Crippen LogP contribution < -0.4 is 16.0 Å². The van der Waals surface area contributed by atoms with E-state index in [1.807, 2.05) is 0 Å². The van der Waals surface area contributed by atoms with Crippen LogP contribution in [0, 0.1) is 23.5 Å². The molecule has 1 saturated heterocycles. The van der Waals surface area contributed by atoms with Crippen LogP contribution in [-0.4, -0.2) is 30.7 Å². The Balaban J connectivity index is 1.83. The molecule has 0 spiro atoms. The van der Waals surface area contributed by atoms with Gasteiger partial charge >= 0.3 is 12.2 Å². The smallest absolute Gasteiger partial charge is 0.347 e. The third-order valence-electron chi connectivity index (χ3n) is 4.90. The second-order valence-corrected chi connectivity index (χ2v) is 7.01. The highest BCUT2D eigenvalue weighted by atomic mass is 35.5. The molecule has 27 heavy (non-hydrogen) atoms. The van der Waals surface area contributed by atoms with Crippen LogP contribution in [-0.2, 0) is 4.79 Å². The Kier molecular flexibility index (Phi) is 5.20. The Hall–Kier alpha value is -2.10. The zero-order valence-corrected chi connectivity index (χ0v) is 14.4. The lowest BCUT2D eigenvalue weighted by molar-refractivity contribution is -0.207. The minimum Gasteiger partial charge on any atom is -0.347 e. The molecule has 0 radical (unpaired) electrons. The van der Waals surface area contributed by atoms with Gasteiger partial charge in [-0.15, -0.1) is 0 Å². The highest BCUT2D eigenvalue weighted by Crippen LogP contribution is 2.50. The van der Waals surface area contributed by atoms with Crippen molar-refractivity contribution in [1.82, 2.24) is 16.0 Å². The van der Waals surface area contributed by atoms with Gasteiger partial charge in [0.2, 0.25) is 5.91 Å². The fourth-order valence-corrected chi connectivity index (χ4v) is 3.47. The SMILES string of the molecule is O=C1NC[C@@H](C(=O)N[C@H](c2ccc(F)c(Cl)c2F)C2CC(C(F)(F)F)C2)N1. The first-order chi connectivity index (χ1) is 12.6. The van der Waals surface area contributed by atoms with Gasteiger partial charge in [-0.3, -0.25) is 4.79 Å². The quantitative estimate of drug-likeness (QED) is 0.526. The van der Waals surface area contributed by atoms with E-state index in [1.54, 1.807) is 0 Å². The van der Waals surface area contributed by atoms with E-state index < -0.39 is 58.7 Å². The first-order valence-corrected chi connectivity index (χ1v) is 8.50. The van der Waals surface area contributed by atoms with Crippen molar-refractivity contribution in [3.05, 3.63) is 34.4 Å². The first-order valence-electron chi connectivity index (χ1n) is 8.12. The van der Waals surface area contributed by atoms with E-state index in [4.69, 9.17) is 11.6 Å². The Morgan fingerprint density at radius 3 is 2.48 bits per heavy atom. The number of amides is 3. The van der Waals surface area contributed by atoms with Gasteiger partial charge in [-0.1, -0.05) is 17.7 Å². The Bertz CT molecular complexity index is 767. The van der Waals surface area contributed by atoms with E-state index >= 15 is 0 Å². The monoisotopic (exact) mass is 411 g/mol. The van der Waals surface area contributed by atoms with Crippen molar-refractivity contribution >= 4 is 23.5 Å². The van der Waals surface area contributed by atoms with Gasteiger partial charge in [0.25, 0.3) is 0 Å². The molecule has 1 aromatic carbocycles. The van der Waals surface area contributed by atoms with Crippen molar-refractivity contribution < 1.29 is 31.5 Å². The second-order valence-electron chi connectivity index (χ2n) is 6.63. The molecule has 2 aliphatic rings. The molecule has 3 rings (SSSR count). The molecule has 11 heteroatoms. The summed E-state index contributed by atoms with van der Waals surface area (Å²) in [5.41, 5.74) is -0.197. The molecule has 2 atom stereocenters. The van der Waals surface area contributed by atoms with Gasteiger partial charge in [-0.05, 0) is 24.8 Å². The number of benzene rings is 1. The molecule has 3 amide bonds.